The number of nitrogens with zero attached hydrogens (tertiary/aromatic N) is 3. The first-order valence-electron chi connectivity index (χ1n) is 4.81. The minimum Gasteiger partial charge on any atom is -0.465 e. The molecule has 0 amide bonds. The summed E-state index contributed by atoms with van der Waals surface area (Å²) in [6.45, 7) is 0.578. The topological polar surface area (TPSA) is 66.2 Å². The lowest BCUT2D eigenvalue weighted by Gasteiger charge is -2.16. The fourth-order valence-corrected chi connectivity index (χ4v) is 1.20. The summed E-state index contributed by atoms with van der Waals surface area (Å²) in [6, 6.07) is 5.29. The summed E-state index contributed by atoms with van der Waals surface area (Å²) in [5, 5.41) is 8.47. The van der Waals surface area contributed by atoms with Crippen LogP contribution >= 0.6 is 0 Å². The number of aromatic nitrogens is 1. The summed E-state index contributed by atoms with van der Waals surface area (Å²) < 4.78 is 4.61. The Bertz CT molecular complexity index is 412. The number of rotatable bonds is 4. The van der Waals surface area contributed by atoms with Crippen LogP contribution in [0.15, 0.2) is 18.3 Å². The maximum atomic E-state index is 11.3. The third kappa shape index (κ3) is 2.95. The van der Waals surface area contributed by atoms with Gasteiger partial charge in [0.2, 0.25) is 0 Å². The second-order valence-corrected chi connectivity index (χ2v) is 3.22. The molecular formula is C11H13N3O2. The molecule has 84 valence electrons. The molecule has 5 heteroatoms. The van der Waals surface area contributed by atoms with Crippen LogP contribution in [0.5, 0.6) is 0 Å². The minimum atomic E-state index is -0.391. The lowest BCUT2D eigenvalue weighted by atomic mass is 10.2. The van der Waals surface area contributed by atoms with Gasteiger partial charge in [-0.05, 0) is 12.1 Å². The van der Waals surface area contributed by atoms with Crippen molar-refractivity contribution in [2.45, 2.75) is 6.42 Å². The molecule has 1 rings (SSSR count). The van der Waals surface area contributed by atoms with Crippen molar-refractivity contribution in [1.29, 1.82) is 5.26 Å². The van der Waals surface area contributed by atoms with Crippen molar-refractivity contribution in [3.63, 3.8) is 0 Å². The highest BCUT2D eigenvalue weighted by Gasteiger charge is 2.08. The van der Waals surface area contributed by atoms with E-state index in [1.54, 1.807) is 18.3 Å². The van der Waals surface area contributed by atoms with Gasteiger partial charge >= 0.3 is 5.97 Å². The van der Waals surface area contributed by atoms with Gasteiger partial charge in [-0.1, -0.05) is 0 Å². The van der Waals surface area contributed by atoms with Gasteiger partial charge in [0.15, 0.2) is 0 Å². The van der Waals surface area contributed by atoms with E-state index in [0.717, 1.165) is 0 Å². The lowest BCUT2D eigenvalue weighted by Crippen LogP contribution is -2.19. The zero-order valence-corrected chi connectivity index (χ0v) is 9.30. The molecular weight excluding hydrogens is 206 g/mol. The summed E-state index contributed by atoms with van der Waals surface area (Å²) in [4.78, 5) is 17.2. The van der Waals surface area contributed by atoms with E-state index in [2.05, 4.69) is 15.8 Å². The van der Waals surface area contributed by atoms with E-state index in [4.69, 9.17) is 5.26 Å². The van der Waals surface area contributed by atoms with E-state index in [-0.39, 0.29) is 0 Å². The predicted molar refractivity (Wildman–Crippen MR) is 59.1 cm³/mol. The average Bonchev–Trinajstić information content (AvgIpc) is 2.35. The van der Waals surface area contributed by atoms with Crippen LogP contribution in [-0.2, 0) is 4.74 Å². The van der Waals surface area contributed by atoms with E-state index in [9.17, 15) is 4.79 Å². The van der Waals surface area contributed by atoms with Gasteiger partial charge < -0.3 is 9.64 Å². The smallest absolute Gasteiger partial charge is 0.338 e. The quantitative estimate of drug-likeness (QED) is 0.712. The first-order valence-corrected chi connectivity index (χ1v) is 4.81. The Morgan fingerprint density at radius 2 is 2.44 bits per heavy atom. The molecule has 1 aromatic heterocycles. The van der Waals surface area contributed by atoms with Crippen molar-refractivity contribution in [2.24, 2.45) is 0 Å². The van der Waals surface area contributed by atoms with Crippen molar-refractivity contribution in [3.05, 3.63) is 23.9 Å². The van der Waals surface area contributed by atoms with Gasteiger partial charge in [0.05, 0.1) is 25.2 Å². The van der Waals surface area contributed by atoms with Crippen LogP contribution < -0.4 is 4.90 Å². The number of pyridine rings is 1. The standard InChI is InChI=1S/C11H13N3O2/c1-14(7-3-5-12)10-8-9(4-6-13-10)11(15)16-2/h4,6,8H,3,7H2,1-2H3. The molecule has 0 aliphatic carbocycles. The van der Waals surface area contributed by atoms with Gasteiger partial charge in [-0.3, -0.25) is 0 Å². The summed E-state index contributed by atoms with van der Waals surface area (Å²) >= 11 is 0. The van der Waals surface area contributed by atoms with Crippen LogP contribution in [0.25, 0.3) is 0 Å². The van der Waals surface area contributed by atoms with E-state index >= 15 is 0 Å². The molecule has 1 aromatic rings. The summed E-state index contributed by atoms with van der Waals surface area (Å²) in [6.07, 6.45) is 1.96. The molecule has 0 bridgehead atoms. The normalized spacial score (nSPS) is 9.31. The van der Waals surface area contributed by atoms with E-state index in [1.165, 1.54) is 7.11 Å². The Balaban J connectivity index is 2.82. The molecule has 0 atom stereocenters. The average molecular weight is 219 g/mol. The largest absolute Gasteiger partial charge is 0.465 e. The van der Waals surface area contributed by atoms with Crippen LogP contribution in [0, 0.1) is 11.3 Å². The second-order valence-electron chi connectivity index (χ2n) is 3.22. The molecule has 0 fully saturated rings. The first kappa shape index (κ1) is 12.0. The Kier molecular flexibility index (Phi) is 4.28. The maximum Gasteiger partial charge on any atom is 0.338 e. The highest BCUT2D eigenvalue weighted by Crippen LogP contribution is 2.11. The number of nitriles is 1. The molecule has 0 unspecified atom stereocenters. The van der Waals surface area contributed by atoms with Crippen LogP contribution in [0.3, 0.4) is 0 Å². The van der Waals surface area contributed by atoms with Crippen molar-refractivity contribution in [2.75, 3.05) is 25.6 Å². The second kappa shape index (κ2) is 5.71. The maximum absolute atomic E-state index is 11.3. The summed E-state index contributed by atoms with van der Waals surface area (Å²) in [7, 11) is 3.16. The van der Waals surface area contributed by atoms with Gasteiger partial charge in [-0.15, -0.1) is 0 Å². The van der Waals surface area contributed by atoms with Crippen LogP contribution in [-0.4, -0.2) is 31.7 Å². The predicted octanol–water partition coefficient (Wildman–Crippen LogP) is 1.22. The molecule has 1 heterocycles. The van der Waals surface area contributed by atoms with Crippen molar-refractivity contribution in [3.8, 4) is 6.07 Å². The number of carbonyl (C=O) groups excluding carboxylic acids is 1. The van der Waals surface area contributed by atoms with Gasteiger partial charge in [0.1, 0.15) is 5.82 Å². The van der Waals surface area contributed by atoms with E-state index < -0.39 is 5.97 Å². The molecule has 0 saturated heterocycles. The van der Waals surface area contributed by atoms with Gasteiger partial charge in [-0.2, -0.15) is 5.26 Å². The first-order chi connectivity index (χ1) is 7.69. The Morgan fingerprint density at radius 1 is 1.69 bits per heavy atom. The summed E-state index contributed by atoms with van der Waals surface area (Å²) in [5.41, 5.74) is 0.455. The molecule has 0 aliphatic rings. The third-order valence-corrected chi connectivity index (χ3v) is 2.12. The van der Waals surface area contributed by atoms with Crippen molar-refractivity contribution >= 4 is 11.8 Å². The fourth-order valence-electron chi connectivity index (χ4n) is 1.20. The van der Waals surface area contributed by atoms with Crippen LogP contribution in [0.1, 0.15) is 16.8 Å². The van der Waals surface area contributed by atoms with E-state index in [0.29, 0.717) is 24.3 Å². The van der Waals surface area contributed by atoms with Crippen molar-refractivity contribution < 1.29 is 9.53 Å². The zero-order chi connectivity index (χ0) is 12.0. The molecule has 0 spiro atoms. The van der Waals surface area contributed by atoms with Gasteiger partial charge in [-0.25, -0.2) is 9.78 Å². The number of hydrogen-bond acceptors (Lipinski definition) is 5. The zero-order valence-electron chi connectivity index (χ0n) is 9.30. The van der Waals surface area contributed by atoms with Gasteiger partial charge in [0, 0.05) is 19.8 Å². The molecule has 0 aliphatic heterocycles. The van der Waals surface area contributed by atoms with E-state index in [1.807, 2.05) is 11.9 Å². The summed E-state index contributed by atoms with van der Waals surface area (Å²) in [5.74, 6) is 0.260. The van der Waals surface area contributed by atoms with Crippen LogP contribution in [0.4, 0.5) is 5.82 Å². The number of esters is 1. The monoisotopic (exact) mass is 219 g/mol. The lowest BCUT2D eigenvalue weighted by molar-refractivity contribution is 0.0600. The number of ether oxygens (including phenoxy) is 1. The van der Waals surface area contributed by atoms with Gasteiger partial charge in [0.25, 0.3) is 0 Å². The number of anilines is 1. The highest BCUT2D eigenvalue weighted by molar-refractivity contribution is 5.90. The molecule has 0 saturated carbocycles. The number of hydrogen-bond donors (Lipinski definition) is 0. The third-order valence-electron chi connectivity index (χ3n) is 2.12. The fraction of sp³-hybridized carbons (Fsp3) is 0.364. The molecule has 0 N–H and O–H groups in total. The van der Waals surface area contributed by atoms with Crippen LogP contribution in [0.2, 0.25) is 0 Å². The number of carbonyl (C=O) groups is 1. The number of methoxy groups -OCH3 is 1. The molecule has 16 heavy (non-hydrogen) atoms. The molecule has 0 radical (unpaired) electrons. The minimum absolute atomic E-state index is 0.391. The molecule has 0 aromatic carbocycles. The Hall–Kier alpha value is -2.09. The Morgan fingerprint density at radius 3 is 3.06 bits per heavy atom. The Labute approximate surface area is 94.3 Å². The molecule has 5 nitrogen and oxygen atoms in total. The van der Waals surface area contributed by atoms with Crippen molar-refractivity contribution in [1.82, 2.24) is 4.98 Å². The highest BCUT2D eigenvalue weighted by atomic mass is 16.5. The SMILES string of the molecule is COC(=O)c1ccnc(N(C)CCC#N)c1.